The summed E-state index contributed by atoms with van der Waals surface area (Å²) in [6.45, 7) is 0. The predicted octanol–water partition coefficient (Wildman–Crippen LogP) is 4.22. The van der Waals surface area contributed by atoms with Crippen LogP contribution in [-0.2, 0) is 0 Å². The van der Waals surface area contributed by atoms with Crippen molar-refractivity contribution in [2.75, 3.05) is 0 Å². The summed E-state index contributed by atoms with van der Waals surface area (Å²) in [6, 6.07) is 18.8. The van der Waals surface area contributed by atoms with Crippen molar-refractivity contribution >= 4 is 35.8 Å². The maximum atomic E-state index is 6.44. The van der Waals surface area contributed by atoms with Gasteiger partial charge in [0, 0.05) is 0 Å². The Labute approximate surface area is 105 Å². The van der Waals surface area contributed by atoms with Crippen LogP contribution in [-0.4, -0.2) is 14.5 Å². The van der Waals surface area contributed by atoms with Gasteiger partial charge in [-0.05, 0) is 0 Å². The second-order valence-corrected chi connectivity index (χ2v) is 6.19. The van der Waals surface area contributed by atoms with Crippen LogP contribution in [0, 0.1) is 0 Å². The normalized spacial score (nSPS) is 10.8. The van der Waals surface area contributed by atoms with Gasteiger partial charge < -0.3 is 0 Å². The second-order valence-electron chi connectivity index (χ2n) is 3.61. The van der Waals surface area contributed by atoms with E-state index in [9.17, 15) is 0 Å². The molecule has 0 fully saturated rings. The average Bonchev–Trinajstić information content (AvgIpc) is 2.69. The Morgan fingerprint density at radius 1 is 0.812 bits per heavy atom. The van der Waals surface area contributed by atoms with Crippen molar-refractivity contribution < 1.29 is 0 Å². The molecular weight excluding hydrogens is 283 g/mol. The number of hydrogen-bond donors (Lipinski definition) is 0. The molecule has 0 unspecified atom stereocenters. The summed E-state index contributed by atoms with van der Waals surface area (Å²) in [5, 5.41) is 2.14. The summed E-state index contributed by atoms with van der Waals surface area (Å²) >= 11 is 6.78. The van der Waals surface area contributed by atoms with Crippen molar-refractivity contribution in [3.05, 3.63) is 59.6 Å². The molecule has 3 aromatic rings. The molecule has 0 saturated heterocycles. The molecule has 0 N–H and O–H groups in total. The minimum atomic E-state index is 0.342. The van der Waals surface area contributed by atoms with Gasteiger partial charge in [0.2, 0.25) is 0 Å². The van der Waals surface area contributed by atoms with E-state index in [4.69, 9.17) is 11.6 Å². The first-order valence-corrected chi connectivity index (χ1v) is 7.18. The molecule has 0 aliphatic heterocycles. The van der Waals surface area contributed by atoms with Gasteiger partial charge in [0.05, 0.1) is 0 Å². The fourth-order valence-corrected chi connectivity index (χ4v) is 4.70. The Morgan fingerprint density at radius 2 is 1.50 bits per heavy atom. The van der Waals surface area contributed by atoms with Crippen molar-refractivity contribution in [2.24, 2.45) is 0 Å². The van der Waals surface area contributed by atoms with Crippen molar-refractivity contribution in [1.29, 1.82) is 0 Å². The van der Waals surface area contributed by atoms with Gasteiger partial charge in [0.25, 0.3) is 0 Å². The van der Waals surface area contributed by atoms with Crippen LogP contribution >= 0.6 is 11.6 Å². The van der Waals surface area contributed by atoms with Gasteiger partial charge in [-0.25, -0.2) is 0 Å². The molecule has 0 nitrogen and oxygen atoms in total. The van der Waals surface area contributed by atoms with E-state index in [2.05, 4.69) is 42.5 Å². The van der Waals surface area contributed by atoms with Crippen LogP contribution in [0.15, 0.2) is 54.6 Å². The number of fused-ring (bicyclic) bond motifs is 1. The molecule has 0 saturated carbocycles. The standard InChI is InChI=1S/C14H9ClSe/c15-13-11-8-4-5-9-12(11)16-14(13)10-6-2-1-3-7-10/h1-9H. The Hall–Kier alpha value is -1.01. The number of rotatable bonds is 1. The Morgan fingerprint density at radius 3 is 2.25 bits per heavy atom. The van der Waals surface area contributed by atoms with Gasteiger partial charge in [-0.15, -0.1) is 0 Å². The van der Waals surface area contributed by atoms with E-state index in [1.54, 1.807) is 0 Å². The van der Waals surface area contributed by atoms with E-state index in [0.717, 1.165) is 5.02 Å². The minimum absolute atomic E-state index is 0.342. The summed E-state index contributed by atoms with van der Waals surface area (Å²) in [6.07, 6.45) is 0. The van der Waals surface area contributed by atoms with E-state index < -0.39 is 0 Å². The molecule has 0 aliphatic rings. The van der Waals surface area contributed by atoms with E-state index in [-0.39, 0.29) is 0 Å². The Kier molecular flexibility index (Phi) is 2.61. The van der Waals surface area contributed by atoms with E-state index in [1.807, 2.05) is 12.1 Å². The third-order valence-electron chi connectivity index (χ3n) is 2.57. The molecule has 0 amide bonds. The predicted molar refractivity (Wildman–Crippen MR) is 71.3 cm³/mol. The van der Waals surface area contributed by atoms with Crippen LogP contribution in [0.1, 0.15) is 0 Å². The molecule has 0 bridgehead atoms. The molecule has 3 rings (SSSR count). The first-order valence-electron chi connectivity index (χ1n) is 5.09. The maximum absolute atomic E-state index is 6.44. The van der Waals surface area contributed by atoms with Crippen LogP contribution in [0.3, 0.4) is 0 Å². The molecule has 16 heavy (non-hydrogen) atoms. The van der Waals surface area contributed by atoms with Gasteiger partial charge in [0.1, 0.15) is 0 Å². The first-order chi connectivity index (χ1) is 7.86. The van der Waals surface area contributed by atoms with Gasteiger partial charge in [-0.1, -0.05) is 0 Å². The van der Waals surface area contributed by atoms with Gasteiger partial charge in [-0.2, -0.15) is 0 Å². The van der Waals surface area contributed by atoms with Crippen LogP contribution in [0.5, 0.6) is 0 Å². The number of benzene rings is 2. The Balaban J connectivity index is 2.29. The molecule has 0 atom stereocenters. The molecule has 0 aliphatic carbocycles. The van der Waals surface area contributed by atoms with E-state index in [0.29, 0.717) is 14.5 Å². The molecule has 0 radical (unpaired) electrons. The molecule has 78 valence electrons. The average molecular weight is 292 g/mol. The summed E-state index contributed by atoms with van der Waals surface area (Å²) in [4.78, 5) is 0. The first kappa shape index (κ1) is 10.2. The van der Waals surface area contributed by atoms with Crippen molar-refractivity contribution in [3.8, 4) is 10.0 Å². The van der Waals surface area contributed by atoms with Crippen LogP contribution in [0.2, 0.25) is 5.02 Å². The SMILES string of the molecule is Clc1c(-c2ccccc2)[se]c2ccccc12. The molecule has 1 heterocycles. The summed E-state index contributed by atoms with van der Waals surface area (Å²) < 4.78 is 2.69. The third-order valence-corrected chi connectivity index (χ3v) is 5.78. The molecule has 0 spiro atoms. The fraction of sp³-hybridized carbons (Fsp3) is 0. The fourth-order valence-electron chi connectivity index (χ4n) is 1.79. The van der Waals surface area contributed by atoms with Crippen LogP contribution in [0.4, 0.5) is 0 Å². The zero-order chi connectivity index (χ0) is 11.0. The van der Waals surface area contributed by atoms with E-state index in [1.165, 1.54) is 19.6 Å². The van der Waals surface area contributed by atoms with Crippen molar-refractivity contribution in [1.82, 2.24) is 0 Å². The zero-order valence-electron chi connectivity index (χ0n) is 8.48. The van der Waals surface area contributed by atoms with Gasteiger partial charge in [0.15, 0.2) is 0 Å². The Bertz CT molecular complexity index is 626. The number of hydrogen-bond acceptors (Lipinski definition) is 0. The number of halogens is 1. The molecule has 2 aromatic carbocycles. The monoisotopic (exact) mass is 292 g/mol. The molecular formula is C14H9ClSe. The van der Waals surface area contributed by atoms with Crippen molar-refractivity contribution in [2.45, 2.75) is 0 Å². The topological polar surface area (TPSA) is 0 Å². The van der Waals surface area contributed by atoms with Gasteiger partial charge >= 0.3 is 105 Å². The zero-order valence-corrected chi connectivity index (χ0v) is 11.0. The third kappa shape index (κ3) is 1.62. The molecule has 1 aromatic heterocycles. The molecule has 2 heteroatoms. The van der Waals surface area contributed by atoms with Crippen molar-refractivity contribution in [3.63, 3.8) is 0 Å². The van der Waals surface area contributed by atoms with Crippen LogP contribution in [0.25, 0.3) is 19.6 Å². The van der Waals surface area contributed by atoms with Gasteiger partial charge in [-0.3, -0.25) is 0 Å². The quantitative estimate of drug-likeness (QED) is 0.589. The summed E-state index contributed by atoms with van der Waals surface area (Å²) in [5.74, 6) is 0. The summed E-state index contributed by atoms with van der Waals surface area (Å²) in [7, 11) is 0. The second kappa shape index (κ2) is 4.10. The van der Waals surface area contributed by atoms with Crippen LogP contribution < -0.4 is 0 Å². The summed E-state index contributed by atoms with van der Waals surface area (Å²) in [5.41, 5.74) is 1.25. The van der Waals surface area contributed by atoms with E-state index >= 15 is 0 Å².